The van der Waals surface area contributed by atoms with Crippen molar-refractivity contribution in [3.05, 3.63) is 34.4 Å². The van der Waals surface area contributed by atoms with Gasteiger partial charge in [0.2, 0.25) is 0 Å². The molecule has 1 heterocycles. The van der Waals surface area contributed by atoms with Crippen molar-refractivity contribution in [3.63, 3.8) is 0 Å². The van der Waals surface area contributed by atoms with Gasteiger partial charge in [-0.05, 0) is 43.0 Å². The zero-order valence-electron chi connectivity index (χ0n) is 10.2. The average Bonchev–Trinajstić information content (AvgIpc) is 2.52. The average molecular weight is 214 g/mol. The van der Waals surface area contributed by atoms with Crippen LogP contribution in [-0.2, 0) is 0 Å². The Morgan fingerprint density at radius 3 is 2.06 bits per heavy atom. The van der Waals surface area contributed by atoms with Gasteiger partial charge in [-0.2, -0.15) is 0 Å². The molecule has 2 rings (SSSR count). The van der Waals surface area contributed by atoms with Crippen molar-refractivity contribution in [2.45, 2.75) is 26.7 Å². The lowest BCUT2D eigenvalue weighted by Crippen LogP contribution is -2.08. The third-order valence-corrected chi connectivity index (χ3v) is 3.25. The van der Waals surface area contributed by atoms with Crippen molar-refractivity contribution >= 4 is 12.4 Å². The van der Waals surface area contributed by atoms with Crippen LogP contribution in [0.25, 0.3) is 0 Å². The van der Waals surface area contributed by atoms with Crippen LogP contribution in [0.15, 0.2) is 22.1 Å². The molecule has 0 radical (unpaired) electrons. The number of hydrogen-bond acceptors (Lipinski definition) is 2. The Balaban J connectivity index is 2.36. The molecule has 1 aliphatic rings. The third-order valence-electron chi connectivity index (χ3n) is 3.25. The number of hydrogen-bond donors (Lipinski definition) is 0. The van der Waals surface area contributed by atoms with Crippen LogP contribution in [0.3, 0.4) is 0 Å². The molecule has 2 nitrogen and oxygen atoms in total. The molecular formula is C14H18N2. The summed E-state index contributed by atoms with van der Waals surface area (Å²) in [5, 5.41) is 0. The minimum Gasteiger partial charge on any atom is -0.291 e. The van der Waals surface area contributed by atoms with Gasteiger partial charge in [0, 0.05) is 31.4 Å². The van der Waals surface area contributed by atoms with Crippen molar-refractivity contribution in [1.82, 2.24) is 0 Å². The summed E-state index contributed by atoms with van der Waals surface area (Å²) in [5.41, 5.74) is 5.49. The van der Waals surface area contributed by atoms with E-state index in [9.17, 15) is 0 Å². The molecule has 0 aromatic heterocycles. The van der Waals surface area contributed by atoms with Crippen molar-refractivity contribution < 1.29 is 0 Å². The van der Waals surface area contributed by atoms with Crippen LogP contribution in [0.1, 0.15) is 28.2 Å². The SMILES string of the molecule is Cc1cc(C)c(C2CN=CC=NC2)cc1C. The Morgan fingerprint density at radius 1 is 0.875 bits per heavy atom. The Morgan fingerprint density at radius 2 is 1.44 bits per heavy atom. The van der Waals surface area contributed by atoms with Gasteiger partial charge in [0.1, 0.15) is 0 Å². The Bertz CT molecular complexity index is 430. The smallest absolute Gasteiger partial charge is 0.0476 e. The quantitative estimate of drug-likeness (QED) is 0.686. The lowest BCUT2D eigenvalue weighted by atomic mass is 9.91. The highest BCUT2D eigenvalue weighted by molar-refractivity contribution is 6.16. The van der Waals surface area contributed by atoms with Gasteiger partial charge >= 0.3 is 0 Å². The molecule has 0 spiro atoms. The standard InChI is InChI=1S/C14H18N2/c1-10-6-12(3)14(7-11(10)2)13-8-15-4-5-16-9-13/h4-7,13H,8-9H2,1-3H3. The molecule has 0 fully saturated rings. The van der Waals surface area contributed by atoms with E-state index in [1.165, 1.54) is 22.3 Å². The number of benzene rings is 1. The first kappa shape index (κ1) is 11.1. The highest BCUT2D eigenvalue weighted by atomic mass is 14.8. The van der Waals surface area contributed by atoms with E-state index in [-0.39, 0.29) is 0 Å². The van der Waals surface area contributed by atoms with Crippen molar-refractivity contribution in [2.24, 2.45) is 9.98 Å². The minimum atomic E-state index is 0.439. The van der Waals surface area contributed by atoms with Crippen LogP contribution in [0, 0.1) is 20.8 Å². The fourth-order valence-electron chi connectivity index (χ4n) is 2.15. The van der Waals surface area contributed by atoms with Crippen LogP contribution >= 0.6 is 0 Å². The second-order valence-electron chi connectivity index (χ2n) is 4.52. The van der Waals surface area contributed by atoms with E-state index >= 15 is 0 Å². The van der Waals surface area contributed by atoms with E-state index in [4.69, 9.17) is 0 Å². The highest BCUT2D eigenvalue weighted by Crippen LogP contribution is 2.24. The van der Waals surface area contributed by atoms with Gasteiger partial charge in [0.25, 0.3) is 0 Å². The molecule has 1 aromatic rings. The molecule has 0 saturated carbocycles. The van der Waals surface area contributed by atoms with Crippen molar-refractivity contribution in [1.29, 1.82) is 0 Å². The van der Waals surface area contributed by atoms with Gasteiger partial charge < -0.3 is 0 Å². The lowest BCUT2D eigenvalue weighted by Gasteiger charge is -2.16. The van der Waals surface area contributed by atoms with Crippen LogP contribution < -0.4 is 0 Å². The first-order valence-electron chi connectivity index (χ1n) is 5.74. The van der Waals surface area contributed by atoms with Crippen LogP contribution in [0.4, 0.5) is 0 Å². The minimum absolute atomic E-state index is 0.439. The maximum atomic E-state index is 4.35. The molecule has 1 aliphatic heterocycles. The van der Waals surface area contributed by atoms with E-state index < -0.39 is 0 Å². The number of nitrogens with zero attached hydrogens (tertiary/aromatic N) is 2. The Labute approximate surface area is 97.1 Å². The zero-order valence-corrected chi connectivity index (χ0v) is 10.2. The monoisotopic (exact) mass is 214 g/mol. The molecule has 16 heavy (non-hydrogen) atoms. The van der Waals surface area contributed by atoms with Gasteiger partial charge in [0.15, 0.2) is 0 Å². The van der Waals surface area contributed by atoms with Crippen molar-refractivity contribution in [2.75, 3.05) is 13.1 Å². The molecule has 0 unspecified atom stereocenters. The van der Waals surface area contributed by atoms with Crippen LogP contribution in [0.2, 0.25) is 0 Å². The van der Waals surface area contributed by atoms with Gasteiger partial charge in [0.05, 0.1) is 0 Å². The summed E-state index contributed by atoms with van der Waals surface area (Å²) in [6, 6.07) is 4.56. The summed E-state index contributed by atoms with van der Waals surface area (Å²) < 4.78 is 0. The fraction of sp³-hybridized carbons (Fsp3) is 0.429. The summed E-state index contributed by atoms with van der Waals surface area (Å²) in [6.45, 7) is 8.21. The summed E-state index contributed by atoms with van der Waals surface area (Å²) in [7, 11) is 0. The summed E-state index contributed by atoms with van der Waals surface area (Å²) in [5.74, 6) is 0.439. The third kappa shape index (κ3) is 2.21. The first-order chi connectivity index (χ1) is 7.68. The maximum Gasteiger partial charge on any atom is 0.0476 e. The van der Waals surface area contributed by atoms with Crippen LogP contribution in [0.5, 0.6) is 0 Å². The molecule has 0 N–H and O–H groups in total. The Hall–Kier alpha value is -1.44. The fourth-order valence-corrected chi connectivity index (χ4v) is 2.15. The molecule has 84 valence electrons. The maximum absolute atomic E-state index is 4.35. The summed E-state index contributed by atoms with van der Waals surface area (Å²) in [4.78, 5) is 8.70. The molecule has 0 aliphatic carbocycles. The van der Waals surface area contributed by atoms with E-state index in [2.05, 4.69) is 42.9 Å². The van der Waals surface area contributed by atoms with E-state index in [1.807, 2.05) is 0 Å². The van der Waals surface area contributed by atoms with E-state index in [1.54, 1.807) is 12.4 Å². The normalized spacial score (nSPS) is 16.4. The number of rotatable bonds is 1. The topological polar surface area (TPSA) is 24.7 Å². The molecular weight excluding hydrogens is 196 g/mol. The highest BCUT2D eigenvalue weighted by Gasteiger charge is 2.14. The molecule has 1 aromatic carbocycles. The predicted octanol–water partition coefficient (Wildman–Crippen LogP) is 2.85. The molecule has 0 amide bonds. The van der Waals surface area contributed by atoms with Gasteiger partial charge in [-0.3, -0.25) is 9.98 Å². The first-order valence-corrected chi connectivity index (χ1v) is 5.74. The van der Waals surface area contributed by atoms with Crippen molar-refractivity contribution in [3.8, 4) is 0 Å². The summed E-state index contributed by atoms with van der Waals surface area (Å²) in [6.07, 6.45) is 3.60. The van der Waals surface area contributed by atoms with Gasteiger partial charge in [-0.25, -0.2) is 0 Å². The number of aryl methyl sites for hydroxylation is 3. The predicted molar refractivity (Wildman–Crippen MR) is 70.1 cm³/mol. The molecule has 0 saturated heterocycles. The largest absolute Gasteiger partial charge is 0.291 e. The summed E-state index contributed by atoms with van der Waals surface area (Å²) >= 11 is 0. The van der Waals surface area contributed by atoms with E-state index in [0.717, 1.165) is 13.1 Å². The number of aliphatic imine (C=N–C) groups is 2. The second-order valence-corrected chi connectivity index (χ2v) is 4.52. The lowest BCUT2D eigenvalue weighted by molar-refractivity contribution is 0.713. The van der Waals surface area contributed by atoms with E-state index in [0.29, 0.717) is 5.92 Å². The van der Waals surface area contributed by atoms with Crippen LogP contribution in [-0.4, -0.2) is 25.5 Å². The zero-order chi connectivity index (χ0) is 11.5. The van der Waals surface area contributed by atoms with Gasteiger partial charge in [-0.15, -0.1) is 0 Å². The van der Waals surface area contributed by atoms with Gasteiger partial charge in [-0.1, -0.05) is 12.1 Å². The molecule has 0 bridgehead atoms. The Kier molecular flexibility index (Phi) is 3.18. The molecule has 0 atom stereocenters. The molecule has 2 heteroatoms. The second kappa shape index (κ2) is 4.60.